The Morgan fingerprint density at radius 1 is 1.00 bits per heavy atom. The van der Waals surface area contributed by atoms with Crippen LogP contribution in [0, 0.1) is 0 Å². The van der Waals surface area contributed by atoms with E-state index in [0.29, 0.717) is 0 Å². The summed E-state index contributed by atoms with van der Waals surface area (Å²) in [7, 11) is 0. The zero-order valence-corrected chi connectivity index (χ0v) is 14.8. The molecule has 2 unspecified atom stereocenters. The van der Waals surface area contributed by atoms with Crippen LogP contribution in [0.5, 0.6) is 0 Å². The van der Waals surface area contributed by atoms with Crippen LogP contribution in [0.4, 0.5) is 0 Å². The number of fused-ring (bicyclic) bond motifs is 1. The molecule has 3 nitrogen and oxygen atoms in total. The third-order valence-electron chi connectivity index (χ3n) is 5.06. The molecule has 0 aliphatic carbocycles. The summed E-state index contributed by atoms with van der Waals surface area (Å²) in [5.41, 5.74) is 3.89. The summed E-state index contributed by atoms with van der Waals surface area (Å²) in [6, 6.07) is 20.4. The van der Waals surface area contributed by atoms with Gasteiger partial charge in [-0.3, -0.25) is 0 Å². The van der Waals surface area contributed by atoms with Gasteiger partial charge in [-0.15, -0.1) is 0 Å². The lowest BCUT2D eigenvalue weighted by Crippen LogP contribution is -2.38. The molecule has 132 valence electrons. The normalized spacial score (nSPS) is 19.0. The number of hydrogen-bond acceptors (Lipinski definition) is 3. The Bertz CT molecular complexity index is 898. The van der Waals surface area contributed by atoms with Crippen molar-refractivity contribution in [3.8, 4) is 0 Å². The first-order valence-electron chi connectivity index (χ1n) is 9.35. The van der Waals surface area contributed by atoms with Crippen LogP contribution in [0.15, 0.2) is 60.7 Å². The number of piperidine rings is 1. The second-order valence-electron chi connectivity index (χ2n) is 6.90. The lowest BCUT2D eigenvalue weighted by molar-refractivity contribution is 0.115. The van der Waals surface area contributed by atoms with E-state index in [4.69, 9.17) is 4.98 Å². The molecule has 1 aliphatic heterocycles. The zero-order valence-electron chi connectivity index (χ0n) is 14.8. The van der Waals surface area contributed by atoms with E-state index < -0.39 is 6.10 Å². The zero-order chi connectivity index (χ0) is 17.8. The van der Waals surface area contributed by atoms with Gasteiger partial charge in [0.05, 0.1) is 17.3 Å². The van der Waals surface area contributed by atoms with Gasteiger partial charge in [0.2, 0.25) is 0 Å². The van der Waals surface area contributed by atoms with Crippen molar-refractivity contribution in [3.63, 3.8) is 0 Å². The van der Waals surface area contributed by atoms with Crippen LogP contribution in [0.25, 0.3) is 23.1 Å². The summed E-state index contributed by atoms with van der Waals surface area (Å²) in [5.74, 6) is 0. The molecule has 2 aromatic carbocycles. The Balaban J connectivity index is 1.72. The highest BCUT2D eigenvalue weighted by Gasteiger charge is 2.24. The molecule has 0 amide bonds. The fourth-order valence-corrected chi connectivity index (χ4v) is 3.66. The summed E-state index contributed by atoms with van der Waals surface area (Å²) in [6.45, 7) is 0.978. The second kappa shape index (κ2) is 7.81. The van der Waals surface area contributed by atoms with Crippen molar-refractivity contribution in [1.82, 2.24) is 10.3 Å². The summed E-state index contributed by atoms with van der Waals surface area (Å²) in [6.07, 6.45) is 6.92. The SMILES string of the molecule is OC(c1cc(/C=C/c2ccccc2)nc2ccccc12)C1CCCCN1. The molecule has 0 spiro atoms. The largest absolute Gasteiger partial charge is 0.387 e. The molecular weight excluding hydrogens is 320 g/mol. The Kier molecular flexibility index (Phi) is 5.09. The van der Waals surface area contributed by atoms with E-state index in [1.54, 1.807) is 0 Å². The molecule has 2 heterocycles. The van der Waals surface area contributed by atoms with Crippen molar-refractivity contribution >= 4 is 23.1 Å². The lowest BCUT2D eigenvalue weighted by Gasteiger charge is -2.29. The number of nitrogens with zero attached hydrogens (tertiary/aromatic N) is 1. The average Bonchev–Trinajstić information content (AvgIpc) is 2.72. The van der Waals surface area contributed by atoms with Crippen molar-refractivity contribution in [2.24, 2.45) is 0 Å². The summed E-state index contributed by atoms with van der Waals surface area (Å²) < 4.78 is 0. The van der Waals surface area contributed by atoms with E-state index in [-0.39, 0.29) is 6.04 Å². The molecule has 1 fully saturated rings. The summed E-state index contributed by atoms with van der Waals surface area (Å²) in [4.78, 5) is 4.76. The van der Waals surface area contributed by atoms with E-state index >= 15 is 0 Å². The maximum Gasteiger partial charge on any atom is 0.0950 e. The average molecular weight is 344 g/mol. The smallest absolute Gasteiger partial charge is 0.0950 e. The Morgan fingerprint density at radius 3 is 2.62 bits per heavy atom. The lowest BCUT2D eigenvalue weighted by atomic mass is 9.92. The van der Waals surface area contributed by atoms with Crippen LogP contribution in [0.2, 0.25) is 0 Å². The molecule has 0 bridgehead atoms. The number of benzene rings is 2. The van der Waals surface area contributed by atoms with Crippen molar-refractivity contribution in [2.75, 3.05) is 6.54 Å². The van der Waals surface area contributed by atoms with Crippen LogP contribution in [-0.2, 0) is 0 Å². The molecule has 0 saturated carbocycles. The topological polar surface area (TPSA) is 45.2 Å². The minimum Gasteiger partial charge on any atom is -0.387 e. The number of hydrogen-bond donors (Lipinski definition) is 2. The van der Waals surface area contributed by atoms with Crippen LogP contribution in [-0.4, -0.2) is 22.7 Å². The summed E-state index contributed by atoms with van der Waals surface area (Å²) in [5, 5.41) is 15.5. The fraction of sp³-hybridized carbons (Fsp3) is 0.261. The number of rotatable bonds is 4. The monoisotopic (exact) mass is 344 g/mol. The third-order valence-corrected chi connectivity index (χ3v) is 5.06. The van der Waals surface area contributed by atoms with Crippen molar-refractivity contribution in [2.45, 2.75) is 31.4 Å². The number of aliphatic hydroxyl groups excluding tert-OH is 1. The van der Waals surface area contributed by atoms with Gasteiger partial charge in [-0.2, -0.15) is 0 Å². The molecule has 1 aromatic heterocycles. The first kappa shape index (κ1) is 17.0. The molecule has 1 saturated heterocycles. The van der Waals surface area contributed by atoms with Gasteiger partial charge in [0.25, 0.3) is 0 Å². The molecule has 1 aliphatic rings. The van der Waals surface area contributed by atoms with Gasteiger partial charge >= 0.3 is 0 Å². The van der Waals surface area contributed by atoms with Gasteiger partial charge in [-0.05, 0) is 48.7 Å². The standard InChI is InChI=1S/C23H24N2O/c26-23(22-12-6-7-15-24-22)20-16-18(14-13-17-8-2-1-3-9-17)25-21-11-5-4-10-19(20)21/h1-5,8-11,13-14,16,22-24,26H,6-7,12,15H2/b14-13+. The van der Waals surface area contributed by atoms with E-state index in [1.165, 1.54) is 12.8 Å². The van der Waals surface area contributed by atoms with Crippen LogP contribution in [0.3, 0.4) is 0 Å². The van der Waals surface area contributed by atoms with Crippen molar-refractivity contribution in [3.05, 3.63) is 77.5 Å². The Hall–Kier alpha value is -2.49. The minimum absolute atomic E-state index is 0.112. The molecule has 26 heavy (non-hydrogen) atoms. The van der Waals surface area contributed by atoms with E-state index in [1.807, 2.05) is 48.5 Å². The number of para-hydroxylation sites is 1. The van der Waals surface area contributed by atoms with E-state index in [2.05, 4.69) is 29.6 Å². The molecule has 2 N–H and O–H groups in total. The Labute approximate surface area is 154 Å². The number of nitrogens with one attached hydrogen (secondary N) is 1. The molecular formula is C23H24N2O. The molecule has 3 aromatic rings. The first-order valence-corrected chi connectivity index (χ1v) is 9.35. The van der Waals surface area contributed by atoms with Gasteiger partial charge in [0.1, 0.15) is 0 Å². The number of pyridine rings is 1. The van der Waals surface area contributed by atoms with Crippen LogP contribution < -0.4 is 5.32 Å². The van der Waals surface area contributed by atoms with Gasteiger partial charge in [0.15, 0.2) is 0 Å². The van der Waals surface area contributed by atoms with Gasteiger partial charge in [-0.25, -0.2) is 4.98 Å². The van der Waals surface area contributed by atoms with E-state index in [0.717, 1.165) is 40.7 Å². The van der Waals surface area contributed by atoms with Gasteiger partial charge < -0.3 is 10.4 Å². The molecule has 2 atom stereocenters. The minimum atomic E-state index is -0.521. The fourth-order valence-electron chi connectivity index (χ4n) is 3.66. The molecule has 3 heteroatoms. The molecule has 0 radical (unpaired) electrons. The van der Waals surface area contributed by atoms with Crippen molar-refractivity contribution < 1.29 is 5.11 Å². The van der Waals surface area contributed by atoms with Gasteiger partial charge in [0, 0.05) is 11.4 Å². The van der Waals surface area contributed by atoms with Crippen molar-refractivity contribution in [1.29, 1.82) is 0 Å². The highest BCUT2D eigenvalue weighted by Crippen LogP contribution is 2.29. The van der Waals surface area contributed by atoms with Crippen LogP contribution >= 0.6 is 0 Å². The first-order chi connectivity index (χ1) is 12.8. The number of aromatic nitrogens is 1. The van der Waals surface area contributed by atoms with Crippen LogP contribution in [0.1, 0.15) is 42.2 Å². The maximum atomic E-state index is 11.0. The Morgan fingerprint density at radius 2 is 1.81 bits per heavy atom. The van der Waals surface area contributed by atoms with Gasteiger partial charge in [-0.1, -0.05) is 61.0 Å². The third kappa shape index (κ3) is 3.69. The predicted octanol–water partition coefficient (Wildman–Crippen LogP) is 4.58. The molecule has 4 rings (SSSR count). The number of aliphatic hydroxyl groups is 1. The highest BCUT2D eigenvalue weighted by atomic mass is 16.3. The van der Waals surface area contributed by atoms with E-state index in [9.17, 15) is 5.11 Å². The quantitative estimate of drug-likeness (QED) is 0.728. The second-order valence-corrected chi connectivity index (χ2v) is 6.90. The highest BCUT2D eigenvalue weighted by molar-refractivity contribution is 5.84. The maximum absolute atomic E-state index is 11.0. The summed E-state index contributed by atoms with van der Waals surface area (Å²) >= 11 is 0. The predicted molar refractivity (Wildman–Crippen MR) is 108 cm³/mol.